The van der Waals surface area contributed by atoms with Gasteiger partial charge in [0.15, 0.2) is 0 Å². The third kappa shape index (κ3) is 3.00. The molecule has 1 aliphatic heterocycles. The summed E-state index contributed by atoms with van der Waals surface area (Å²) in [6, 6.07) is 0. The van der Waals surface area contributed by atoms with Crippen LogP contribution < -0.4 is 5.32 Å². The minimum atomic E-state index is 1.04. The lowest BCUT2D eigenvalue weighted by atomic mass is 10.0. The summed E-state index contributed by atoms with van der Waals surface area (Å²) in [5, 5.41) is 3.46. The molecule has 1 heterocycles. The van der Waals surface area contributed by atoms with Crippen molar-refractivity contribution >= 4 is 5.84 Å². The average molecular weight is 194 g/mol. The maximum Gasteiger partial charge on any atom is 0.0963 e. The minimum Gasteiger partial charge on any atom is -0.374 e. The second-order valence-electron chi connectivity index (χ2n) is 4.65. The van der Waals surface area contributed by atoms with E-state index in [0.717, 1.165) is 19.0 Å². The van der Waals surface area contributed by atoms with Gasteiger partial charge in [0, 0.05) is 19.5 Å². The molecule has 1 saturated carbocycles. The Morgan fingerprint density at radius 1 is 1.21 bits per heavy atom. The molecule has 1 N–H and O–H groups in total. The van der Waals surface area contributed by atoms with E-state index in [-0.39, 0.29) is 0 Å². The van der Waals surface area contributed by atoms with Crippen LogP contribution in [0.25, 0.3) is 0 Å². The summed E-state index contributed by atoms with van der Waals surface area (Å²) in [5.74, 6) is 2.30. The summed E-state index contributed by atoms with van der Waals surface area (Å²) in [6.45, 7) is 2.19. The quantitative estimate of drug-likeness (QED) is 0.684. The fraction of sp³-hybridized carbons (Fsp3) is 0.917. The molecule has 0 unspecified atom stereocenters. The van der Waals surface area contributed by atoms with Crippen molar-refractivity contribution in [1.82, 2.24) is 5.32 Å². The van der Waals surface area contributed by atoms with Crippen LogP contribution >= 0.6 is 0 Å². The van der Waals surface area contributed by atoms with Gasteiger partial charge in [0.25, 0.3) is 0 Å². The Kier molecular flexibility index (Phi) is 3.84. The van der Waals surface area contributed by atoms with Crippen LogP contribution in [0.1, 0.15) is 51.4 Å². The SMILES string of the molecule is C1CN=C(NCCCC2CCCC2)C1. The summed E-state index contributed by atoms with van der Waals surface area (Å²) in [5.41, 5.74) is 0. The van der Waals surface area contributed by atoms with Gasteiger partial charge < -0.3 is 5.32 Å². The van der Waals surface area contributed by atoms with E-state index in [0.29, 0.717) is 0 Å². The molecular formula is C12H22N2. The molecule has 0 saturated heterocycles. The monoisotopic (exact) mass is 194 g/mol. The second kappa shape index (κ2) is 5.38. The highest BCUT2D eigenvalue weighted by Gasteiger charge is 2.14. The van der Waals surface area contributed by atoms with Gasteiger partial charge in [0.2, 0.25) is 0 Å². The van der Waals surface area contributed by atoms with Gasteiger partial charge >= 0.3 is 0 Å². The van der Waals surface area contributed by atoms with Crippen molar-refractivity contribution in [2.45, 2.75) is 51.4 Å². The van der Waals surface area contributed by atoms with Gasteiger partial charge in [-0.1, -0.05) is 25.7 Å². The van der Waals surface area contributed by atoms with Crippen molar-refractivity contribution < 1.29 is 0 Å². The Balaban J connectivity index is 1.50. The molecule has 80 valence electrons. The third-order valence-corrected chi connectivity index (χ3v) is 3.47. The van der Waals surface area contributed by atoms with Crippen LogP contribution in [0.15, 0.2) is 4.99 Å². The molecule has 2 heteroatoms. The molecule has 0 aromatic carbocycles. The average Bonchev–Trinajstić information content (AvgIpc) is 2.86. The molecule has 2 rings (SSSR count). The van der Waals surface area contributed by atoms with Crippen molar-refractivity contribution in [2.75, 3.05) is 13.1 Å². The number of nitrogens with one attached hydrogen (secondary N) is 1. The number of hydrogen-bond donors (Lipinski definition) is 1. The van der Waals surface area contributed by atoms with Crippen molar-refractivity contribution in [3.63, 3.8) is 0 Å². The predicted octanol–water partition coefficient (Wildman–Crippen LogP) is 2.74. The fourth-order valence-corrected chi connectivity index (χ4v) is 2.61. The van der Waals surface area contributed by atoms with Crippen LogP contribution in [-0.2, 0) is 0 Å². The van der Waals surface area contributed by atoms with Crippen LogP contribution in [-0.4, -0.2) is 18.9 Å². The molecule has 0 spiro atoms. The first-order valence-electron chi connectivity index (χ1n) is 6.22. The van der Waals surface area contributed by atoms with E-state index in [9.17, 15) is 0 Å². The molecule has 2 nitrogen and oxygen atoms in total. The normalized spacial score (nSPS) is 22.7. The van der Waals surface area contributed by atoms with Crippen LogP contribution in [0.4, 0.5) is 0 Å². The predicted molar refractivity (Wildman–Crippen MR) is 60.7 cm³/mol. The molecule has 0 amide bonds. The first-order chi connectivity index (χ1) is 6.95. The fourth-order valence-electron chi connectivity index (χ4n) is 2.61. The van der Waals surface area contributed by atoms with Gasteiger partial charge in [-0.25, -0.2) is 0 Å². The second-order valence-corrected chi connectivity index (χ2v) is 4.65. The summed E-state index contributed by atoms with van der Waals surface area (Å²) < 4.78 is 0. The smallest absolute Gasteiger partial charge is 0.0963 e. The van der Waals surface area contributed by atoms with Gasteiger partial charge in [0.05, 0.1) is 5.84 Å². The third-order valence-electron chi connectivity index (χ3n) is 3.47. The van der Waals surface area contributed by atoms with Crippen molar-refractivity contribution in [3.05, 3.63) is 0 Å². The summed E-state index contributed by atoms with van der Waals surface area (Å²) in [4.78, 5) is 4.41. The zero-order valence-corrected chi connectivity index (χ0v) is 9.10. The summed E-state index contributed by atoms with van der Waals surface area (Å²) in [7, 11) is 0. The first-order valence-corrected chi connectivity index (χ1v) is 6.22. The number of rotatable bonds is 4. The van der Waals surface area contributed by atoms with Gasteiger partial charge in [-0.2, -0.15) is 0 Å². The number of amidine groups is 1. The van der Waals surface area contributed by atoms with E-state index < -0.39 is 0 Å². The lowest BCUT2D eigenvalue weighted by Gasteiger charge is -2.09. The molecule has 0 aromatic heterocycles. The van der Waals surface area contributed by atoms with Gasteiger partial charge in [-0.15, -0.1) is 0 Å². The molecule has 0 atom stereocenters. The Bertz CT molecular complexity index is 192. The highest BCUT2D eigenvalue weighted by Crippen LogP contribution is 2.28. The largest absolute Gasteiger partial charge is 0.374 e. The van der Waals surface area contributed by atoms with E-state index in [1.807, 2.05) is 0 Å². The van der Waals surface area contributed by atoms with Crippen LogP contribution in [0.3, 0.4) is 0 Å². The highest BCUT2D eigenvalue weighted by atomic mass is 15.0. The maximum atomic E-state index is 4.41. The van der Waals surface area contributed by atoms with Crippen molar-refractivity contribution in [3.8, 4) is 0 Å². The lowest BCUT2D eigenvalue weighted by molar-refractivity contribution is 0.482. The highest BCUT2D eigenvalue weighted by molar-refractivity contribution is 5.83. The van der Waals surface area contributed by atoms with E-state index in [1.165, 1.54) is 57.2 Å². The van der Waals surface area contributed by atoms with E-state index in [1.54, 1.807) is 0 Å². The Hall–Kier alpha value is -0.530. The molecule has 1 fully saturated rings. The summed E-state index contributed by atoms with van der Waals surface area (Å²) >= 11 is 0. The molecule has 0 bridgehead atoms. The molecular weight excluding hydrogens is 172 g/mol. The van der Waals surface area contributed by atoms with Gasteiger partial charge in [-0.05, 0) is 25.2 Å². The van der Waals surface area contributed by atoms with Crippen molar-refractivity contribution in [1.29, 1.82) is 0 Å². The van der Waals surface area contributed by atoms with E-state index in [4.69, 9.17) is 0 Å². The maximum absolute atomic E-state index is 4.41. The number of hydrogen-bond acceptors (Lipinski definition) is 2. The zero-order valence-electron chi connectivity index (χ0n) is 9.10. The zero-order chi connectivity index (χ0) is 9.64. The molecule has 2 aliphatic rings. The Labute approximate surface area is 87.2 Å². The van der Waals surface area contributed by atoms with Crippen LogP contribution in [0.2, 0.25) is 0 Å². The molecule has 0 aromatic rings. The molecule has 14 heavy (non-hydrogen) atoms. The van der Waals surface area contributed by atoms with Crippen molar-refractivity contribution in [2.24, 2.45) is 10.9 Å². The number of aliphatic imine (C=N–C) groups is 1. The Morgan fingerprint density at radius 2 is 2.07 bits per heavy atom. The van der Waals surface area contributed by atoms with Crippen LogP contribution in [0.5, 0.6) is 0 Å². The first kappa shape index (κ1) is 10.0. The lowest BCUT2D eigenvalue weighted by Crippen LogP contribution is -2.22. The minimum absolute atomic E-state index is 1.04. The topological polar surface area (TPSA) is 24.4 Å². The van der Waals surface area contributed by atoms with Gasteiger partial charge in [0.1, 0.15) is 0 Å². The summed E-state index contributed by atoms with van der Waals surface area (Å²) in [6.07, 6.45) is 11.1. The number of nitrogens with zero attached hydrogens (tertiary/aromatic N) is 1. The standard InChI is InChI=1S/C12H22N2/c1-2-6-11(5-1)7-3-9-13-12-8-4-10-14-12/h11H,1-10H2,(H,13,14). The molecule has 0 radical (unpaired) electrons. The van der Waals surface area contributed by atoms with E-state index in [2.05, 4.69) is 10.3 Å². The Morgan fingerprint density at radius 3 is 2.79 bits per heavy atom. The van der Waals surface area contributed by atoms with Crippen LogP contribution in [0, 0.1) is 5.92 Å². The van der Waals surface area contributed by atoms with E-state index >= 15 is 0 Å². The van der Waals surface area contributed by atoms with Gasteiger partial charge in [-0.3, -0.25) is 4.99 Å². The molecule has 1 aliphatic carbocycles.